The number of methoxy groups -OCH3 is 1. The second-order valence-electron chi connectivity index (χ2n) is 6.80. The van der Waals surface area contributed by atoms with Crippen LogP contribution in [0.2, 0.25) is 0 Å². The third kappa shape index (κ3) is 4.12. The molecule has 29 heavy (non-hydrogen) atoms. The van der Waals surface area contributed by atoms with E-state index in [0.717, 1.165) is 35.2 Å². The number of sulfonamides is 1. The lowest BCUT2D eigenvalue weighted by atomic mass is 10.2. The minimum absolute atomic E-state index is 0.140. The second-order valence-corrected chi connectivity index (χ2v) is 9.77. The Morgan fingerprint density at radius 3 is 2.69 bits per heavy atom. The number of aromatic nitrogens is 1. The number of nitrogens with one attached hydrogen (secondary N) is 1. The molecule has 0 saturated carbocycles. The van der Waals surface area contributed by atoms with Gasteiger partial charge in [-0.2, -0.15) is 4.31 Å². The fourth-order valence-electron chi connectivity index (χ4n) is 3.31. The zero-order chi connectivity index (χ0) is 20.4. The summed E-state index contributed by atoms with van der Waals surface area (Å²) in [5.41, 5.74) is 1.03. The molecule has 1 saturated heterocycles. The Hall–Kier alpha value is -2.49. The number of fused-ring (bicyclic) bond motifs is 1. The Bertz CT molecular complexity index is 1150. The van der Waals surface area contributed by atoms with Crippen LogP contribution in [0.5, 0.6) is 5.75 Å². The van der Waals surface area contributed by atoms with Crippen molar-refractivity contribution in [2.24, 2.45) is 0 Å². The van der Waals surface area contributed by atoms with E-state index < -0.39 is 15.9 Å². The van der Waals surface area contributed by atoms with Gasteiger partial charge in [-0.25, -0.2) is 13.4 Å². The fraction of sp³-hybridized carbons (Fsp3) is 0.300. The van der Waals surface area contributed by atoms with Crippen molar-refractivity contribution in [3.63, 3.8) is 0 Å². The Morgan fingerprint density at radius 1 is 1.14 bits per heavy atom. The van der Waals surface area contributed by atoms with Gasteiger partial charge in [-0.05, 0) is 49.2 Å². The number of hydrogen-bond donors (Lipinski definition) is 1. The highest BCUT2D eigenvalue weighted by Crippen LogP contribution is 2.29. The van der Waals surface area contributed by atoms with Crippen LogP contribution >= 0.6 is 11.3 Å². The van der Waals surface area contributed by atoms with Crippen LogP contribution in [-0.2, 0) is 10.0 Å². The van der Waals surface area contributed by atoms with Gasteiger partial charge in [-0.15, -0.1) is 0 Å². The predicted molar refractivity (Wildman–Crippen MR) is 113 cm³/mol. The number of rotatable bonds is 5. The van der Waals surface area contributed by atoms with Crippen molar-refractivity contribution in [2.75, 3.05) is 25.5 Å². The summed E-state index contributed by atoms with van der Waals surface area (Å²) in [6.07, 6.45) is 2.77. The fourth-order valence-corrected chi connectivity index (χ4v) is 5.76. The number of amides is 1. The first-order valence-corrected chi connectivity index (χ1v) is 11.6. The van der Waals surface area contributed by atoms with Gasteiger partial charge in [0.05, 0.1) is 22.2 Å². The van der Waals surface area contributed by atoms with Gasteiger partial charge in [0.1, 0.15) is 5.75 Å². The molecule has 1 aromatic heterocycles. The molecule has 1 amide bonds. The molecule has 0 unspecified atom stereocenters. The van der Waals surface area contributed by atoms with E-state index in [-0.39, 0.29) is 10.5 Å². The van der Waals surface area contributed by atoms with E-state index in [4.69, 9.17) is 4.74 Å². The molecule has 3 aromatic rings. The molecule has 2 aromatic carbocycles. The summed E-state index contributed by atoms with van der Waals surface area (Å²) < 4.78 is 33.3. The van der Waals surface area contributed by atoms with Crippen molar-refractivity contribution in [1.82, 2.24) is 9.29 Å². The highest BCUT2D eigenvalue weighted by atomic mass is 32.2. The van der Waals surface area contributed by atoms with Crippen LogP contribution in [-0.4, -0.2) is 43.8 Å². The van der Waals surface area contributed by atoms with E-state index in [9.17, 15) is 13.2 Å². The van der Waals surface area contributed by atoms with Crippen LogP contribution in [0.25, 0.3) is 10.2 Å². The number of carbonyl (C=O) groups is 1. The van der Waals surface area contributed by atoms with Gasteiger partial charge in [0, 0.05) is 18.7 Å². The molecule has 1 aliphatic heterocycles. The lowest BCUT2D eigenvalue weighted by molar-refractivity contribution is 0.102. The maximum Gasteiger partial charge on any atom is 0.257 e. The first-order valence-electron chi connectivity index (χ1n) is 9.33. The molecular formula is C20H21N3O4S2. The van der Waals surface area contributed by atoms with E-state index in [1.807, 2.05) is 18.2 Å². The number of nitrogens with zero attached hydrogens (tertiary/aromatic N) is 2. The molecule has 1 N–H and O–H groups in total. The topological polar surface area (TPSA) is 88.6 Å². The third-order valence-corrected chi connectivity index (χ3v) is 7.69. The molecule has 152 valence electrons. The monoisotopic (exact) mass is 431 g/mol. The van der Waals surface area contributed by atoms with Crippen molar-refractivity contribution in [1.29, 1.82) is 0 Å². The van der Waals surface area contributed by atoms with Crippen molar-refractivity contribution in [3.05, 3.63) is 48.0 Å². The van der Waals surface area contributed by atoms with E-state index in [2.05, 4.69) is 10.3 Å². The van der Waals surface area contributed by atoms with Gasteiger partial charge in [0.15, 0.2) is 5.13 Å². The normalized spacial score (nSPS) is 15.3. The largest absolute Gasteiger partial charge is 0.497 e. The van der Waals surface area contributed by atoms with E-state index in [1.54, 1.807) is 19.2 Å². The molecule has 0 bridgehead atoms. The molecule has 0 spiro atoms. The van der Waals surface area contributed by atoms with Gasteiger partial charge in [-0.3, -0.25) is 10.1 Å². The molecule has 0 atom stereocenters. The lowest BCUT2D eigenvalue weighted by Crippen LogP contribution is -2.35. The average molecular weight is 432 g/mol. The van der Waals surface area contributed by atoms with E-state index in [1.165, 1.54) is 27.8 Å². The molecule has 2 heterocycles. The first-order chi connectivity index (χ1) is 14.0. The van der Waals surface area contributed by atoms with E-state index in [0.29, 0.717) is 18.2 Å². The Morgan fingerprint density at radius 2 is 1.93 bits per heavy atom. The predicted octanol–water partition coefficient (Wildman–Crippen LogP) is 3.73. The third-order valence-electron chi connectivity index (χ3n) is 4.87. The molecule has 9 heteroatoms. The minimum Gasteiger partial charge on any atom is -0.497 e. The van der Waals surface area contributed by atoms with Gasteiger partial charge in [-0.1, -0.05) is 23.8 Å². The maximum absolute atomic E-state index is 12.9. The highest BCUT2D eigenvalue weighted by Gasteiger charge is 2.26. The standard InChI is InChI=1S/C20H21N3O4S2/c1-27-15-8-9-17-18(13-15)28-20(21-17)22-19(24)14-6-5-7-16(12-14)29(25,26)23-10-3-2-4-11-23/h5-9,12-13H,2-4,10-11H2,1H3,(H,21,22,24). The number of carbonyl (C=O) groups excluding carboxylic acids is 1. The van der Waals surface area contributed by atoms with Crippen LogP contribution in [0, 0.1) is 0 Å². The summed E-state index contributed by atoms with van der Waals surface area (Å²) in [6, 6.07) is 11.6. The molecular weight excluding hydrogens is 410 g/mol. The lowest BCUT2D eigenvalue weighted by Gasteiger charge is -2.26. The maximum atomic E-state index is 12.9. The SMILES string of the molecule is COc1ccc2nc(NC(=O)c3cccc(S(=O)(=O)N4CCCCC4)c3)sc2c1. The number of piperidine rings is 1. The number of ether oxygens (including phenoxy) is 1. The Labute approximate surface area is 173 Å². The number of hydrogen-bond acceptors (Lipinski definition) is 6. The summed E-state index contributed by atoms with van der Waals surface area (Å²) >= 11 is 1.33. The van der Waals surface area contributed by atoms with Gasteiger partial charge in [0.2, 0.25) is 10.0 Å². The summed E-state index contributed by atoms with van der Waals surface area (Å²) in [5, 5.41) is 3.21. The van der Waals surface area contributed by atoms with Gasteiger partial charge >= 0.3 is 0 Å². The highest BCUT2D eigenvalue weighted by molar-refractivity contribution is 7.89. The molecule has 0 radical (unpaired) electrons. The van der Waals surface area contributed by atoms with Crippen molar-refractivity contribution >= 4 is 42.6 Å². The van der Waals surface area contributed by atoms with E-state index >= 15 is 0 Å². The first kappa shape index (κ1) is 19.8. The summed E-state index contributed by atoms with van der Waals surface area (Å²) in [4.78, 5) is 17.2. The number of benzene rings is 2. The number of thiazole rings is 1. The Balaban J connectivity index is 1.55. The molecule has 4 rings (SSSR count). The zero-order valence-corrected chi connectivity index (χ0v) is 17.6. The molecule has 1 aliphatic rings. The summed E-state index contributed by atoms with van der Waals surface area (Å²) in [6.45, 7) is 1.04. The van der Waals surface area contributed by atoms with Gasteiger partial charge < -0.3 is 4.74 Å². The van der Waals surface area contributed by atoms with Crippen molar-refractivity contribution in [3.8, 4) is 5.75 Å². The minimum atomic E-state index is -3.59. The molecule has 1 fully saturated rings. The van der Waals surface area contributed by atoms with Crippen LogP contribution in [0.3, 0.4) is 0 Å². The second kappa shape index (κ2) is 8.10. The number of anilines is 1. The average Bonchev–Trinajstić information content (AvgIpc) is 3.15. The van der Waals surface area contributed by atoms with Crippen LogP contribution < -0.4 is 10.1 Å². The quantitative estimate of drug-likeness (QED) is 0.665. The Kier molecular flexibility index (Phi) is 5.53. The van der Waals surface area contributed by atoms with Crippen molar-refractivity contribution < 1.29 is 17.9 Å². The van der Waals surface area contributed by atoms with Crippen LogP contribution in [0.1, 0.15) is 29.6 Å². The van der Waals surface area contributed by atoms with Crippen molar-refractivity contribution in [2.45, 2.75) is 24.2 Å². The summed E-state index contributed by atoms with van der Waals surface area (Å²) in [5.74, 6) is 0.321. The summed E-state index contributed by atoms with van der Waals surface area (Å²) in [7, 11) is -2.00. The zero-order valence-electron chi connectivity index (χ0n) is 15.9. The smallest absolute Gasteiger partial charge is 0.257 e. The van der Waals surface area contributed by atoms with Crippen LogP contribution in [0.15, 0.2) is 47.4 Å². The van der Waals surface area contributed by atoms with Crippen LogP contribution in [0.4, 0.5) is 5.13 Å². The van der Waals surface area contributed by atoms with Gasteiger partial charge in [0.25, 0.3) is 5.91 Å². The molecule has 0 aliphatic carbocycles. The molecule has 7 nitrogen and oxygen atoms in total.